The second kappa shape index (κ2) is 5.70. The van der Waals surface area contributed by atoms with Crippen molar-refractivity contribution >= 4 is 32.6 Å². The molecule has 1 amide bonds. The molecule has 0 unspecified atom stereocenters. The lowest BCUT2D eigenvalue weighted by Crippen LogP contribution is -2.48. The molecule has 0 spiro atoms. The third-order valence-electron chi connectivity index (χ3n) is 4.07. The number of piperazine rings is 1. The van der Waals surface area contributed by atoms with Gasteiger partial charge in [-0.25, -0.2) is 4.98 Å². The Morgan fingerprint density at radius 1 is 1.13 bits per heavy atom. The van der Waals surface area contributed by atoms with Crippen molar-refractivity contribution in [2.45, 2.75) is 6.92 Å². The van der Waals surface area contributed by atoms with E-state index in [0.717, 1.165) is 29.5 Å². The van der Waals surface area contributed by atoms with Crippen LogP contribution in [0.5, 0.6) is 0 Å². The molecular formula is C17H17N3O2S. The minimum atomic E-state index is -0.0259. The molecule has 1 aliphatic heterocycles. The normalized spacial score (nSPS) is 15.3. The van der Waals surface area contributed by atoms with E-state index in [1.807, 2.05) is 36.1 Å². The zero-order valence-electron chi connectivity index (χ0n) is 12.9. The van der Waals surface area contributed by atoms with E-state index >= 15 is 0 Å². The molecule has 1 aliphatic rings. The summed E-state index contributed by atoms with van der Waals surface area (Å²) in [4.78, 5) is 21.2. The molecule has 0 aliphatic carbocycles. The quantitative estimate of drug-likeness (QED) is 0.725. The molecule has 3 aromatic rings. The molecule has 0 N–H and O–H groups in total. The number of hydrogen-bond acceptors (Lipinski definition) is 5. The van der Waals surface area contributed by atoms with Crippen molar-refractivity contribution in [1.82, 2.24) is 9.88 Å². The highest BCUT2D eigenvalue weighted by Gasteiger charge is 2.25. The predicted molar refractivity (Wildman–Crippen MR) is 91.2 cm³/mol. The second-order valence-electron chi connectivity index (χ2n) is 5.65. The van der Waals surface area contributed by atoms with Crippen LogP contribution < -0.4 is 4.90 Å². The van der Waals surface area contributed by atoms with Crippen molar-refractivity contribution < 1.29 is 9.21 Å². The van der Waals surface area contributed by atoms with E-state index in [1.54, 1.807) is 17.4 Å². The third-order valence-corrected chi connectivity index (χ3v) is 5.17. The Morgan fingerprint density at radius 2 is 1.91 bits per heavy atom. The van der Waals surface area contributed by atoms with Crippen LogP contribution in [-0.4, -0.2) is 42.0 Å². The lowest BCUT2D eigenvalue weighted by atomic mass is 10.3. The number of thiazole rings is 1. The molecule has 5 nitrogen and oxygen atoms in total. The zero-order chi connectivity index (χ0) is 15.8. The van der Waals surface area contributed by atoms with Crippen LogP contribution in [0.3, 0.4) is 0 Å². The van der Waals surface area contributed by atoms with Gasteiger partial charge in [-0.05, 0) is 31.2 Å². The standard InChI is InChI=1S/C17H17N3O2S/c1-12-6-7-14(22-12)16(21)19-8-10-20(11-9-19)17-18-13-4-2-3-5-15(13)23-17/h2-7H,8-11H2,1H3. The summed E-state index contributed by atoms with van der Waals surface area (Å²) in [6.45, 7) is 4.82. The van der Waals surface area contributed by atoms with Crippen LogP contribution in [0.1, 0.15) is 16.3 Å². The molecule has 1 fully saturated rings. The third kappa shape index (κ3) is 2.70. The Kier molecular flexibility index (Phi) is 3.53. The Hall–Kier alpha value is -2.34. The van der Waals surface area contributed by atoms with Gasteiger partial charge in [-0.2, -0.15) is 0 Å². The number of furan rings is 1. The number of anilines is 1. The summed E-state index contributed by atoms with van der Waals surface area (Å²) in [5, 5.41) is 1.03. The average Bonchev–Trinajstić information content (AvgIpc) is 3.20. The maximum absolute atomic E-state index is 12.4. The van der Waals surface area contributed by atoms with Crippen molar-refractivity contribution in [3.05, 3.63) is 47.9 Å². The fourth-order valence-electron chi connectivity index (χ4n) is 2.80. The molecule has 1 aromatic carbocycles. The van der Waals surface area contributed by atoms with Crippen LogP contribution in [0, 0.1) is 6.92 Å². The van der Waals surface area contributed by atoms with Gasteiger partial charge in [0.1, 0.15) is 5.76 Å². The van der Waals surface area contributed by atoms with Gasteiger partial charge in [0.05, 0.1) is 10.2 Å². The first-order chi connectivity index (χ1) is 11.2. The highest BCUT2D eigenvalue weighted by Crippen LogP contribution is 2.29. The number of aryl methyl sites for hydroxylation is 1. The molecule has 0 radical (unpaired) electrons. The lowest BCUT2D eigenvalue weighted by molar-refractivity contribution is 0.0713. The van der Waals surface area contributed by atoms with E-state index in [9.17, 15) is 4.79 Å². The van der Waals surface area contributed by atoms with E-state index in [1.165, 1.54) is 4.70 Å². The molecular weight excluding hydrogens is 310 g/mol. The van der Waals surface area contributed by atoms with Crippen molar-refractivity contribution in [2.75, 3.05) is 31.1 Å². The van der Waals surface area contributed by atoms with Crippen LogP contribution in [-0.2, 0) is 0 Å². The monoisotopic (exact) mass is 327 g/mol. The highest BCUT2D eigenvalue weighted by molar-refractivity contribution is 7.22. The summed E-state index contributed by atoms with van der Waals surface area (Å²) in [6, 6.07) is 11.7. The molecule has 1 saturated heterocycles. The van der Waals surface area contributed by atoms with Gasteiger partial charge in [0.15, 0.2) is 10.9 Å². The summed E-state index contributed by atoms with van der Waals surface area (Å²) in [5.74, 6) is 1.17. The van der Waals surface area contributed by atoms with Crippen LogP contribution in [0.25, 0.3) is 10.2 Å². The summed E-state index contributed by atoms with van der Waals surface area (Å²) in [6.07, 6.45) is 0. The topological polar surface area (TPSA) is 49.6 Å². The number of amides is 1. The highest BCUT2D eigenvalue weighted by atomic mass is 32.1. The van der Waals surface area contributed by atoms with Gasteiger partial charge in [0, 0.05) is 26.2 Å². The van der Waals surface area contributed by atoms with Crippen LogP contribution in [0.15, 0.2) is 40.8 Å². The number of aromatic nitrogens is 1. The van der Waals surface area contributed by atoms with Crippen molar-refractivity contribution in [2.24, 2.45) is 0 Å². The maximum atomic E-state index is 12.4. The number of carbonyl (C=O) groups excluding carboxylic acids is 1. The summed E-state index contributed by atoms with van der Waals surface area (Å²) in [5.41, 5.74) is 1.04. The van der Waals surface area contributed by atoms with E-state index < -0.39 is 0 Å². The van der Waals surface area contributed by atoms with Gasteiger partial charge >= 0.3 is 0 Å². The molecule has 4 rings (SSSR count). The van der Waals surface area contributed by atoms with Crippen molar-refractivity contribution in [3.63, 3.8) is 0 Å². The number of rotatable bonds is 2. The SMILES string of the molecule is Cc1ccc(C(=O)N2CCN(c3nc4ccccc4s3)CC2)o1. The molecule has 0 saturated carbocycles. The van der Waals surface area contributed by atoms with Gasteiger partial charge in [-0.3, -0.25) is 4.79 Å². The number of para-hydroxylation sites is 1. The van der Waals surface area contributed by atoms with E-state index in [4.69, 9.17) is 9.40 Å². The van der Waals surface area contributed by atoms with Gasteiger partial charge in [0.2, 0.25) is 0 Å². The number of hydrogen-bond donors (Lipinski definition) is 0. The van der Waals surface area contributed by atoms with Crippen LogP contribution >= 0.6 is 11.3 Å². The number of fused-ring (bicyclic) bond motifs is 1. The first-order valence-electron chi connectivity index (χ1n) is 7.67. The first kappa shape index (κ1) is 14.3. The molecule has 2 aromatic heterocycles. The van der Waals surface area contributed by atoms with Gasteiger partial charge < -0.3 is 14.2 Å². The van der Waals surface area contributed by atoms with E-state index in [0.29, 0.717) is 18.8 Å². The Labute approximate surface area is 138 Å². The fraction of sp³-hybridized carbons (Fsp3) is 0.294. The van der Waals surface area contributed by atoms with E-state index in [2.05, 4.69) is 11.0 Å². The zero-order valence-corrected chi connectivity index (χ0v) is 13.7. The Balaban J connectivity index is 1.45. The molecule has 0 atom stereocenters. The van der Waals surface area contributed by atoms with Gasteiger partial charge in [-0.1, -0.05) is 23.5 Å². The van der Waals surface area contributed by atoms with Crippen LogP contribution in [0.2, 0.25) is 0 Å². The van der Waals surface area contributed by atoms with Crippen molar-refractivity contribution in [3.8, 4) is 0 Å². The largest absolute Gasteiger partial charge is 0.456 e. The fourth-order valence-corrected chi connectivity index (χ4v) is 3.82. The maximum Gasteiger partial charge on any atom is 0.289 e. The van der Waals surface area contributed by atoms with Crippen molar-refractivity contribution in [1.29, 1.82) is 0 Å². The molecule has 23 heavy (non-hydrogen) atoms. The number of benzene rings is 1. The Bertz CT molecular complexity index is 813. The summed E-state index contributed by atoms with van der Waals surface area (Å²) in [7, 11) is 0. The molecule has 118 valence electrons. The average molecular weight is 327 g/mol. The smallest absolute Gasteiger partial charge is 0.289 e. The van der Waals surface area contributed by atoms with Crippen LogP contribution in [0.4, 0.5) is 5.13 Å². The molecule has 6 heteroatoms. The molecule has 3 heterocycles. The predicted octanol–water partition coefficient (Wildman–Crippen LogP) is 3.16. The lowest BCUT2D eigenvalue weighted by Gasteiger charge is -2.34. The summed E-state index contributed by atoms with van der Waals surface area (Å²) >= 11 is 1.71. The minimum absolute atomic E-state index is 0.0259. The summed E-state index contributed by atoms with van der Waals surface area (Å²) < 4.78 is 6.64. The molecule has 0 bridgehead atoms. The first-order valence-corrected chi connectivity index (χ1v) is 8.48. The van der Waals surface area contributed by atoms with Gasteiger partial charge in [0.25, 0.3) is 5.91 Å². The van der Waals surface area contributed by atoms with Gasteiger partial charge in [-0.15, -0.1) is 0 Å². The minimum Gasteiger partial charge on any atom is -0.456 e. The second-order valence-corrected chi connectivity index (χ2v) is 6.66. The number of carbonyl (C=O) groups is 1. The number of nitrogens with zero attached hydrogens (tertiary/aromatic N) is 3. The Morgan fingerprint density at radius 3 is 2.61 bits per heavy atom. The van der Waals surface area contributed by atoms with E-state index in [-0.39, 0.29) is 5.91 Å².